The number of fused-ring (bicyclic) bond motifs is 19. The van der Waals surface area contributed by atoms with Gasteiger partial charge in [0.1, 0.15) is 34.5 Å². The SMILES string of the molecule is c1ccc(N(c2ccccc2)c2ccc3c(c2)Oc2cccc4c2B3c2ccccc2N4c2cc3c(c4cccc5c4n3-c3cccc4c3B5c3ccc(N(c5ccccc5)c5ccccc5)cc3O4)c3c2c2cccc4c2n3-c2cccc3c2B4c2ccc(N(c4ccccc4)c4ccccc4)cc2O3)cc1. The van der Waals surface area contributed by atoms with Crippen molar-refractivity contribution in [3.05, 3.63) is 358 Å². The van der Waals surface area contributed by atoms with E-state index in [2.05, 4.69) is 387 Å². The van der Waals surface area contributed by atoms with Crippen LogP contribution in [0, 0.1) is 0 Å². The molecule has 0 aliphatic carbocycles. The fourth-order valence-corrected chi connectivity index (χ4v) is 19.2. The molecular weight excluding hydrogens is 1320 g/mol. The van der Waals surface area contributed by atoms with E-state index in [1.165, 1.54) is 43.6 Å². The number of hydrogen-bond donors (Lipinski definition) is 0. The zero-order valence-electron chi connectivity index (χ0n) is 58.2. The van der Waals surface area contributed by atoms with Gasteiger partial charge in [0.25, 0.3) is 20.1 Å². The monoisotopic (exact) mass is 1380 g/mol. The summed E-state index contributed by atoms with van der Waals surface area (Å²) < 4.78 is 27.4. The minimum Gasteiger partial charge on any atom is -0.458 e. The third-order valence-electron chi connectivity index (χ3n) is 23.4. The third kappa shape index (κ3) is 8.33. The lowest BCUT2D eigenvalue weighted by Gasteiger charge is -2.40. The summed E-state index contributed by atoms with van der Waals surface area (Å²) in [6.07, 6.45) is 0. The molecule has 9 nitrogen and oxygen atoms in total. The van der Waals surface area contributed by atoms with Crippen molar-refractivity contribution >= 4 is 181 Å². The topological polar surface area (TPSA) is 50.5 Å². The summed E-state index contributed by atoms with van der Waals surface area (Å²) in [6.45, 7) is -0.450. The molecule has 0 atom stereocenters. The van der Waals surface area contributed by atoms with Gasteiger partial charge in [0.2, 0.25) is 0 Å². The van der Waals surface area contributed by atoms with Gasteiger partial charge in [-0.2, -0.15) is 0 Å². The maximum absolute atomic E-state index is 7.40. The maximum atomic E-state index is 7.40. The molecule has 108 heavy (non-hydrogen) atoms. The number of anilines is 12. The summed E-state index contributed by atoms with van der Waals surface area (Å²) in [5, 5.41) is 4.68. The Bertz CT molecular complexity index is 6720. The van der Waals surface area contributed by atoms with Crippen molar-refractivity contribution < 1.29 is 14.2 Å². The largest absolute Gasteiger partial charge is 0.458 e. The van der Waals surface area contributed by atoms with E-state index in [1.807, 2.05) is 0 Å². The highest BCUT2D eigenvalue weighted by Crippen LogP contribution is 2.53. The lowest BCUT2D eigenvalue weighted by Crippen LogP contribution is -2.59. The third-order valence-corrected chi connectivity index (χ3v) is 23.4. The molecule has 24 rings (SSSR count). The predicted molar refractivity (Wildman–Crippen MR) is 447 cm³/mol. The van der Waals surface area contributed by atoms with Gasteiger partial charge in [-0.1, -0.05) is 200 Å². The molecule has 2 aromatic heterocycles. The lowest BCUT2D eigenvalue weighted by molar-refractivity contribution is 0.487. The van der Waals surface area contributed by atoms with E-state index < -0.39 is 0 Å². The van der Waals surface area contributed by atoms with Gasteiger partial charge in [-0.25, -0.2) is 0 Å². The number of ether oxygens (including phenoxy) is 3. The van der Waals surface area contributed by atoms with E-state index in [0.717, 1.165) is 163 Å². The number of aromatic nitrogens is 2. The second-order valence-electron chi connectivity index (χ2n) is 28.9. The summed E-state index contributed by atoms with van der Waals surface area (Å²) in [6, 6.07) is 130. The Balaban J connectivity index is 0.756. The first-order chi connectivity index (χ1) is 53.6. The second-order valence-corrected chi connectivity index (χ2v) is 28.9. The van der Waals surface area contributed by atoms with Crippen LogP contribution in [-0.4, -0.2) is 29.3 Å². The Labute approximate surface area is 624 Å². The molecule has 0 fully saturated rings. The molecule has 18 aromatic rings. The molecule has 0 spiro atoms. The van der Waals surface area contributed by atoms with Crippen molar-refractivity contribution in [1.82, 2.24) is 9.13 Å². The van der Waals surface area contributed by atoms with Gasteiger partial charge in [-0.3, -0.25) is 0 Å². The highest BCUT2D eigenvalue weighted by atomic mass is 16.5. The van der Waals surface area contributed by atoms with Crippen LogP contribution < -0.4 is 83.0 Å². The van der Waals surface area contributed by atoms with Crippen molar-refractivity contribution in [2.45, 2.75) is 0 Å². The lowest BCUT2D eigenvalue weighted by atomic mass is 9.34. The molecule has 16 aromatic carbocycles. The predicted octanol–water partition coefficient (Wildman–Crippen LogP) is 18.6. The molecule has 500 valence electrons. The van der Waals surface area contributed by atoms with Crippen LogP contribution in [0.5, 0.6) is 34.5 Å². The highest BCUT2D eigenvalue weighted by Gasteiger charge is 2.47. The Morgan fingerprint density at radius 3 is 0.981 bits per heavy atom. The first-order valence-electron chi connectivity index (χ1n) is 37.2. The van der Waals surface area contributed by atoms with Crippen LogP contribution in [0.1, 0.15) is 0 Å². The fourth-order valence-electron chi connectivity index (χ4n) is 19.2. The van der Waals surface area contributed by atoms with Crippen LogP contribution in [0.2, 0.25) is 0 Å². The summed E-state index contributed by atoms with van der Waals surface area (Å²) in [4.78, 5) is 9.53. The van der Waals surface area contributed by atoms with Gasteiger partial charge < -0.3 is 42.9 Å². The Morgan fingerprint density at radius 2 is 0.546 bits per heavy atom. The first kappa shape index (κ1) is 59.3. The summed E-state index contributed by atoms with van der Waals surface area (Å²) in [7, 11) is 0. The van der Waals surface area contributed by atoms with Crippen LogP contribution in [0.4, 0.5) is 68.2 Å². The van der Waals surface area contributed by atoms with Gasteiger partial charge in [0.05, 0.1) is 16.7 Å². The quantitative estimate of drug-likeness (QED) is 0.126. The van der Waals surface area contributed by atoms with E-state index in [4.69, 9.17) is 14.2 Å². The molecule has 0 saturated heterocycles. The van der Waals surface area contributed by atoms with Crippen molar-refractivity contribution in [3.8, 4) is 45.9 Å². The minimum absolute atomic E-state index is 0.143. The molecular formula is C96H59B3N6O3. The van der Waals surface area contributed by atoms with Crippen LogP contribution in [0.15, 0.2) is 358 Å². The van der Waals surface area contributed by atoms with Crippen molar-refractivity contribution in [3.63, 3.8) is 0 Å². The van der Waals surface area contributed by atoms with Crippen molar-refractivity contribution in [1.29, 1.82) is 0 Å². The molecule has 0 radical (unpaired) electrons. The molecule has 0 saturated carbocycles. The van der Waals surface area contributed by atoms with E-state index >= 15 is 0 Å². The van der Waals surface area contributed by atoms with Gasteiger partial charge in [-0.15, -0.1) is 0 Å². The summed E-state index contributed by atoms with van der Waals surface area (Å²) >= 11 is 0. The highest BCUT2D eigenvalue weighted by molar-refractivity contribution is 7.01. The number of para-hydroxylation sites is 9. The van der Waals surface area contributed by atoms with Gasteiger partial charge in [-0.05, 0) is 189 Å². The van der Waals surface area contributed by atoms with Crippen LogP contribution >= 0.6 is 0 Å². The minimum atomic E-state index is -0.158. The first-order valence-corrected chi connectivity index (χ1v) is 37.2. The van der Waals surface area contributed by atoms with Crippen molar-refractivity contribution in [2.24, 2.45) is 0 Å². The molecule has 6 aliphatic heterocycles. The van der Waals surface area contributed by atoms with Crippen LogP contribution in [0.3, 0.4) is 0 Å². The smallest absolute Gasteiger partial charge is 0.256 e. The molecule has 0 N–H and O–H groups in total. The maximum Gasteiger partial charge on any atom is 0.256 e. The second kappa shape index (κ2) is 22.7. The van der Waals surface area contributed by atoms with E-state index in [-0.39, 0.29) is 20.1 Å². The van der Waals surface area contributed by atoms with E-state index in [9.17, 15) is 0 Å². The number of rotatable bonds is 10. The normalized spacial score (nSPS) is 13.1. The molecule has 6 aliphatic rings. The van der Waals surface area contributed by atoms with Gasteiger partial charge in [0.15, 0.2) is 0 Å². The zero-order chi connectivity index (χ0) is 70.4. The van der Waals surface area contributed by atoms with E-state index in [0.29, 0.717) is 0 Å². The van der Waals surface area contributed by atoms with E-state index in [1.54, 1.807) is 0 Å². The average molecular weight is 1380 g/mol. The number of hydrogen-bond acceptors (Lipinski definition) is 7. The van der Waals surface area contributed by atoms with Gasteiger partial charge in [0, 0.05) is 125 Å². The van der Waals surface area contributed by atoms with Crippen LogP contribution in [-0.2, 0) is 0 Å². The molecule has 0 bridgehead atoms. The van der Waals surface area contributed by atoms with Crippen molar-refractivity contribution in [2.75, 3.05) is 19.6 Å². The Morgan fingerprint density at radius 1 is 0.213 bits per heavy atom. The molecule has 0 unspecified atom stereocenters. The van der Waals surface area contributed by atoms with Crippen LogP contribution in [0.25, 0.3) is 55.0 Å². The molecule has 0 amide bonds. The summed E-state index contributed by atoms with van der Waals surface area (Å²) in [5.74, 6) is 5.05. The average Bonchev–Trinajstić information content (AvgIpc) is 1.49. The molecule has 12 heteroatoms. The Kier molecular flexibility index (Phi) is 12.5. The summed E-state index contributed by atoms with van der Waals surface area (Å²) in [5.41, 5.74) is 29.9. The zero-order valence-corrected chi connectivity index (χ0v) is 58.2. The standard InChI is InChI=1S/C96H59B3N6O3/c1-7-26-60(27-8-1)100(61-28-9-2-10-29-61)66-50-53-72-86(56-66)106-83-47-23-44-78-91(83)97(72)71-40-19-20-43-77(71)103(78)81-59-82-90(69-38-21-41-75-94(69)104(82)79-45-24-48-84-92(79)98(75)73-54-51-67(57-87(73)107-84)101(62-30-11-3-12-31-62)63-32-13-4-14-33-63)96-89(81)70-39-22-42-76-95(70)105(96)80-46-25-49-85-93(80)99(76)74-55-52-68(58-88(74)108-85)102(64-34-15-5-16-35-64)65-36-17-6-18-37-65/h1-59H. The van der Waals surface area contributed by atoms with Gasteiger partial charge >= 0.3 is 0 Å². The fraction of sp³-hybridized carbons (Fsp3) is 0. The Hall–Kier alpha value is -14.1. The number of nitrogens with zero attached hydrogens (tertiary/aromatic N) is 6. The molecule has 8 heterocycles. The number of benzene rings is 16.